The van der Waals surface area contributed by atoms with Gasteiger partial charge in [-0.15, -0.1) is 0 Å². The van der Waals surface area contributed by atoms with Crippen LogP contribution in [0.15, 0.2) is 54.6 Å². The van der Waals surface area contributed by atoms with Crippen LogP contribution in [-0.4, -0.2) is 67.1 Å². The molecule has 0 radical (unpaired) electrons. The van der Waals surface area contributed by atoms with Gasteiger partial charge in [0.15, 0.2) is 0 Å². The molecule has 0 spiro atoms. The average molecular weight is 366 g/mol. The van der Waals surface area contributed by atoms with Crippen LogP contribution < -0.4 is 4.74 Å². The van der Waals surface area contributed by atoms with E-state index in [0.717, 1.165) is 18.3 Å². The summed E-state index contributed by atoms with van der Waals surface area (Å²) in [6, 6.07) is 19.7. The Hall–Kier alpha value is -1.88. The number of nitrogens with zero attached hydrogens (tertiary/aromatic N) is 3. The molecule has 4 nitrogen and oxygen atoms in total. The Morgan fingerprint density at radius 3 is 2.48 bits per heavy atom. The third-order valence-corrected chi connectivity index (χ3v) is 5.85. The fraction of sp³-hybridized carbons (Fsp3) is 0.478. The van der Waals surface area contributed by atoms with E-state index >= 15 is 0 Å². The summed E-state index contributed by atoms with van der Waals surface area (Å²) in [5.41, 5.74) is 2.55. The molecule has 0 N–H and O–H groups in total. The molecule has 4 heteroatoms. The van der Waals surface area contributed by atoms with E-state index in [9.17, 15) is 0 Å². The number of benzene rings is 2. The van der Waals surface area contributed by atoms with Crippen molar-refractivity contribution in [2.75, 3.05) is 46.3 Å². The lowest BCUT2D eigenvalue weighted by Crippen LogP contribution is -2.49. The number of likely N-dealkylation sites (tertiary alicyclic amines) is 1. The predicted octanol–water partition coefficient (Wildman–Crippen LogP) is 3.09. The van der Waals surface area contributed by atoms with E-state index < -0.39 is 0 Å². The number of piperazine rings is 1. The van der Waals surface area contributed by atoms with Crippen LogP contribution in [0.5, 0.6) is 5.75 Å². The molecule has 0 aromatic heterocycles. The molecule has 2 fully saturated rings. The zero-order valence-electron chi connectivity index (χ0n) is 16.4. The molecule has 2 aliphatic heterocycles. The monoisotopic (exact) mass is 365 g/mol. The highest BCUT2D eigenvalue weighted by Gasteiger charge is 2.29. The first-order valence-corrected chi connectivity index (χ1v) is 10.2. The maximum atomic E-state index is 5.99. The first-order valence-electron chi connectivity index (χ1n) is 10.2. The molecule has 2 saturated heterocycles. The molecule has 144 valence electrons. The van der Waals surface area contributed by atoms with Crippen molar-refractivity contribution in [2.24, 2.45) is 0 Å². The summed E-state index contributed by atoms with van der Waals surface area (Å²) in [5.74, 6) is 0.964. The van der Waals surface area contributed by atoms with Crippen molar-refractivity contribution in [3.05, 3.63) is 65.7 Å². The number of rotatable bonds is 6. The van der Waals surface area contributed by atoms with Gasteiger partial charge in [0.1, 0.15) is 12.4 Å². The first kappa shape index (κ1) is 18.5. The standard InChI is InChI=1S/C23H31N3O/c1-24-12-14-26(15-13-24)22-10-11-25(18-22)17-21-8-5-9-23(16-21)27-19-20-6-3-2-4-7-20/h2-9,16,22H,10-15,17-19H2,1H3/t22-/m0/s1. The van der Waals surface area contributed by atoms with Gasteiger partial charge in [0, 0.05) is 51.9 Å². The van der Waals surface area contributed by atoms with E-state index in [2.05, 4.69) is 70.3 Å². The van der Waals surface area contributed by atoms with Crippen LogP contribution in [0.3, 0.4) is 0 Å². The molecular formula is C23H31N3O. The van der Waals surface area contributed by atoms with Crippen LogP contribution in [-0.2, 0) is 13.2 Å². The molecule has 0 unspecified atom stereocenters. The minimum atomic E-state index is 0.624. The maximum Gasteiger partial charge on any atom is 0.120 e. The zero-order chi connectivity index (χ0) is 18.5. The fourth-order valence-electron chi connectivity index (χ4n) is 4.17. The minimum Gasteiger partial charge on any atom is -0.489 e. The third kappa shape index (κ3) is 5.10. The summed E-state index contributed by atoms with van der Waals surface area (Å²) in [5, 5.41) is 0. The Bertz CT molecular complexity index is 713. The van der Waals surface area contributed by atoms with E-state index in [1.165, 1.54) is 56.8 Å². The minimum absolute atomic E-state index is 0.624. The Balaban J connectivity index is 1.28. The number of hydrogen-bond acceptors (Lipinski definition) is 4. The Labute approximate surface area is 163 Å². The highest BCUT2D eigenvalue weighted by molar-refractivity contribution is 5.29. The maximum absolute atomic E-state index is 5.99. The van der Waals surface area contributed by atoms with Crippen molar-refractivity contribution >= 4 is 0 Å². The molecule has 0 saturated carbocycles. The molecule has 27 heavy (non-hydrogen) atoms. The summed E-state index contributed by atoms with van der Waals surface area (Å²) in [4.78, 5) is 7.73. The SMILES string of the molecule is CN1CCN([C@H]2CCN(Cc3cccc(OCc4ccccc4)c3)C2)CC1. The van der Waals surface area contributed by atoms with Gasteiger partial charge >= 0.3 is 0 Å². The normalized spacial score (nSPS) is 22.2. The largest absolute Gasteiger partial charge is 0.489 e. The van der Waals surface area contributed by atoms with Gasteiger partial charge in [-0.1, -0.05) is 42.5 Å². The third-order valence-electron chi connectivity index (χ3n) is 5.85. The van der Waals surface area contributed by atoms with Gasteiger partial charge < -0.3 is 9.64 Å². The number of hydrogen-bond donors (Lipinski definition) is 0. The fourth-order valence-corrected chi connectivity index (χ4v) is 4.17. The molecule has 0 bridgehead atoms. The number of ether oxygens (including phenoxy) is 1. The summed E-state index contributed by atoms with van der Waals surface area (Å²) in [6.07, 6.45) is 1.30. The lowest BCUT2D eigenvalue weighted by Gasteiger charge is -2.36. The summed E-state index contributed by atoms with van der Waals surface area (Å²) >= 11 is 0. The van der Waals surface area contributed by atoms with E-state index in [1.54, 1.807) is 0 Å². The lowest BCUT2D eigenvalue weighted by atomic mass is 10.2. The Kier molecular flexibility index (Phi) is 6.07. The molecular weight excluding hydrogens is 334 g/mol. The van der Waals surface area contributed by atoms with Crippen LogP contribution in [0.2, 0.25) is 0 Å². The second-order valence-corrected chi connectivity index (χ2v) is 7.94. The van der Waals surface area contributed by atoms with Crippen molar-refractivity contribution in [3.8, 4) is 5.75 Å². The second kappa shape index (κ2) is 8.87. The van der Waals surface area contributed by atoms with Crippen molar-refractivity contribution in [2.45, 2.75) is 25.6 Å². The second-order valence-electron chi connectivity index (χ2n) is 7.94. The van der Waals surface area contributed by atoms with Gasteiger partial charge in [0.25, 0.3) is 0 Å². The van der Waals surface area contributed by atoms with Gasteiger partial charge in [0.2, 0.25) is 0 Å². The van der Waals surface area contributed by atoms with Crippen molar-refractivity contribution in [1.82, 2.24) is 14.7 Å². The van der Waals surface area contributed by atoms with E-state index in [4.69, 9.17) is 4.74 Å². The van der Waals surface area contributed by atoms with Gasteiger partial charge in [-0.25, -0.2) is 0 Å². The van der Waals surface area contributed by atoms with E-state index in [0.29, 0.717) is 6.61 Å². The van der Waals surface area contributed by atoms with Gasteiger partial charge in [0.05, 0.1) is 0 Å². The molecule has 2 aliphatic rings. The molecule has 2 heterocycles. The molecule has 4 rings (SSSR count). The van der Waals surface area contributed by atoms with E-state index in [1.807, 2.05) is 6.07 Å². The van der Waals surface area contributed by atoms with Crippen molar-refractivity contribution in [1.29, 1.82) is 0 Å². The van der Waals surface area contributed by atoms with Crippen LogP contribution >= 0.6 is 0 Å². The zero-order valence-corrected chi connectivity index (χ0v) is 16.4. The van der Waals surface area contributed by atoms with Crippen LogP contribution in [0.25, 0.3) is 0 Å². The summed E-state index contributed by atoms with van der Waals surface area (Å²) in [6.45, 7) is 8.89. The topological polar surface area (TPSA) is 19.0 Å². The lowest BCUT2D eigenvalue weighted by molar-refractivity contribution is 0.112. The summed E-state index contributed by atoms with van der Waals surface area (Å²) in [7, 11) is 2.23. The molecule has 1 atom stereocenters. The molecule has 0 amide bonds. The quantitative estimate of drug-likeness (QED) is 0.783. The molecule has 2 aromatic rings. The Morgan fingerprint density at radius 2 is 1.67 bits per heavy atom. The van der Waals surface area contributed by atoms with Gasteiger partial charge in [-0.3, -0.25) is 9.80 Å². The van der Waals surface area contributed by atoms with E-state index in [-0.39, 0.29) is 0 Å². The summed E-state index contributed by atoms with van der Waals surface area (Å²) < 4.78 is 5.99. The van der Waals surface area contributed by atoms with Gasteiger partial charge in [-0.2, -0.15) is 0 Å². The Morgan fingerprint density at radius 1 is 0.889 bits per heavy atom. The van der Waals surface area contributed by atoms with Gasteiger partial charge in [-0.05, 0) is 36.7 Å². The predicted molar refractivity (Wildman–Crippen MR) is 110 cm³/mol. The highest BCUT2D eigenvalue weighted by Crippen LogP contribution is 2.21. The van der Waals surface area contributed by atoms with Crippen molar-refractivity contribution < 1.29 is 4.74 Å². The molecule has 0 aliphatic carbocycles. The number of likely N-dealkylation sites (N-methyl/N-ethyl adjacent to an activating group) is 1. The highest BCUT2D eigenvalue weighted by atomic mass is 16.5. The average Bonchev–Trinajstić information content (AvgIpc) is 3.16. The first-order chi connectivity index (χ1) is 13.3. The van der Waals surface area contributed by atoms with Crippen LogP contribution in [0, 0.1) is 0 Å². The van der Waals surface area contributed by atoms with Crippen LogP contribution in [0.4, 0.5) is 0 Å². The molecule has 2 aromatic carbocycles. The smallest absolute Gasteiger partial charge is 0.120 e. The van der Waals surface area contributed by atoms with Crippen LogP contribution in [0.1, 0.15) is 17.5 Å². The van der Waals surface area contributed by atoms with Crippen molar-refractivity contribution in [3.63, 3.8) is 0 Å².